The molecule has 0 spiro atoms. The molecule has 94 valence electrons. The number of halogens is 1. The smallest absolute Gasteiger partial charge is 0.150 e. The number of benzene rings is 1. The molecule has 4 nitrogen and oxygen atoms in total. The lowest BCUT2D eigenvalue weighted by Gasteiger charge is -2.07. The average molecular weight is 248 g/mol. The van der Waals surface area contributed by atoms with Crippen molar-refractivity contribution < 1.29 is 13.9 Å². The summed E-state index contributed by atoms with van der Waals surface area (Å²) in [5.41, 5.74) is 0.266. The minimum atomic E-state index is -0.480. The Morgan fingerprint density at radius 3 is 2.94 bits per heavy atom. The molecule has 0 radical (unpaired) electrons. The highest BCUT2D eigenvalue weighted by Crippen LogP contribution is 2.15. The van der Waals surface area contributed by atoms with Crippen LogP contribution in [0.15, 0.2) is 30.6 Å². The number of hydrogen-bond donors (Lipinski definition) is 0. The Hall–Kier alpha value is -2.17. The largest absolute Gasteiger partial charge is 0.493 e. The van der Waals surface area contributed by atoms with Crippen LogP contribution in [0.1, 0.15) is 16.2 Å². The van der Waals surface area contributed by atoms with Gasteiger partial charge in [0.2, 0.25) is 0 Å². The van der Waals surface area contributed by atoms with E-state index in [2.05, 4.69) is 4.98 Å². The van der Waals surface area contributed by atoms with Gasteiger partial charge in [-0.25, -0.2) is 9.37 Å². The fourth-order valence-corrected chi connectivity index (χ4v) is 1.63. The zero-order chi connectivity index (χ0) is 13.0. The van der Waals surface area contributed by atoms with Crippen molar-refractivity contribution in [2.24, 2.45) is 7.05 Å². The first-order valence-corrected chi connectivity index (χ1v) is 5.54. The van der Waals surface area contributed by atoms with Crippen LogP contribution in [-0.2, 0) is 13.5 Å². The summed E-state index contributed by atoms with van der Waals surface area (Å²) in [7, 11) is 1.90. The van der Waals surface area contributed by atoms with Crippen molar-refractivity contribution in [3.05, 3.63) is 47.8 Å². The molecule has 0 saturated heterocycles. The lowest BCUT2D eigenvalue weighted by molar-refractivity contribution is 0.112. The predicted octanol–water partition coefficient (Wildman–Crippen LogP) is 1.99. The monoisotopic (exact) mass is 248 g/mol. The van der Waals surface area contributed by atoms with Crippen LogP contribution in [0.25, 0.3) is 0 Å². The lowest BCUT2D eigenvalue weighted by atomic mass is 10.2. The SMILES string of the molecule is Cn1ccnc1CCOc1cc(F)cc(C=O)c1. The van der Waals surface area contributed by atoms with Crippen molar-refractivity contribution in [3.8, 4) is 5.75 Å². The average Bonchev–Trinajstić information content (AvgIpc) is 2.74. The van der Waals surface area contributed by atoms with Gasteiger partial charge in [0.05, 0.1) is 6.61 Å². The summed E-state index contributed by atoms with van der Waals surface area (Å²) in [4.78, 5) is 14.7. The second kappa shape index (κ2) is 5.44. The van der Waals surface area contributed by atoms with E-state index in [0.29, 0.717) is 25.1 Å². The molecule has 0 atom stereocenters. The van der Waals surface area contributed by atoms with Crippen LogP contribution >= 0.6 is 0 Å². The van der Waals surface area contributed by atoms with Crippen LogP contribution in [0.3, 0.4) is 0 Å². The van der Waals surface area contributed by atoms with Gasteiger partial charge >= 0.3 is 0 Å². The molecular formula is C13H13FN2O2. The fourth-order valence-electron chi connectivity index (χ4n) is 1.63. The number of carbonyl (C=O) groups is 1. The van der Waals surface area contributed by atoms with Crippen molar-refractivity contribution in [1.29, 1.82) is 0 Å². The second-order valence-corrected chi connectivity index (χ2v) is 3.89. The van der Waals surface area contributed by atoms with Crippen LogP contribution in [0.2, 0.25) is 0 Å². The molecule has 0 fully saturated rings. The quantitative estimate of drug-likeness (QED) is 0.760. The van der Waals surface area contributed by atoms with Crippen molar-refractivity contribution in [3.63, 3.8) is 0 Å². The highest BCUT2D eigenvalue weighted by Gasteiger charge is 2.03. The van der Waals surface area contributed by atoms with Gasteiger partial charge in [0.25, 0.3) is 0 Å². The summed E-state index contributed by atoms with van der Waals surface area (Å²) >= 11 is 0. The molecule has 1 heterocycles. The van der Waals surface area contributed by atoms with Crippen LogP contribution in [0.4, 0.5) is 4.39 Å². The molecule has 0 unspecified atom stereocenters. The number of aromatic nitrogens is 2. The minimum Gasteiger partial charge on any atom is -0.493 e. The Labute approximate surface area is 104 Å². The topological polar surface area (TPSA) is 44.1 Å². The van der Waals surface area contributed by atoms with Gasteiger partial charge in [-0.05, 0) is 12.1 Å². The highest BCUT2D eigenvalue weighted by atomic mass is 19.1. The summed E-state index contributed by atoms with van der Waals surface area (Å²) in [6, 6.07) is 3.93. The summed E-state index contributed by atoms with van der Waals surface area (Å²) in [6.07, 6.45) is 4.77. The van der Waals surface area contributed by atoms with Gasteiger partial charge in [-0.2, -0.15) is 0 Å². The molecule has 0 aliphatic carbocycles. The first-order valence-electron chi connectivity index (χ1n) is 5.54. The Kier molecular flexibility index (Phi) is 3.72. The number of aldehydes is 1. The fraction of sp³-hybridized carbons (Fsp3) is 0.231. The van der Waals surface area contributed by atoms with Crippen molar-refractivity contribution in [2.45, 2.75) is 6.42 Å². The van der Waals surface area contributed by atoms with Crippen molar-refractivity contribution in [1.82, 2.24) is 9.55 Å². The van der Waals surface area contributed by atoms with Gasteiger partial charge in [0.1, 0.15) is 23.7 Å². The molecule has 2 aromatic rings. The molecule has 18 heavy (non-hydrogen) atoms. The van der Waals surface area contributed by atoms with Crippen LogP contribution in [0, 0.1) is 5.82 Å². The molecule has 1 aromatic carbocycles. The van der Waals surface area contributed by atoms with E-state index in [1.165, 1.54) is 18.2 Å². The molecule has 5 heteroatoms. The second-order valence-electron chi connectivity index (χ2n) is 3.89. The van der Waals surface area contributed by atoms with Crippen LogP contribution in [0.5, 0.6) is 5.75 Å². The Bertz CT molecular complexity index is 552. The van der Waals surface area contributed by atoms with E-state index < -0.39 is 5.82 Å². The number of carbonyl (C=O) groups excluding carboxylic acids is 1. The number of nitrogens with zero attached hydrogens (tertiary/aromatic N) is 2. The van der Waals surface area contributed by atoms with E-state index in [9.17, 15) is 9.18 Å². The highest BCUT2D eigenvalue weighted by molar-refractivity contribution is 5.75. The molecular weight excluding hydrogens is 235 g/mol. The first kappa shape index (κ1) is 12.3. The third-order valence-electron chi connectivity index (χ3n) is 2.55. The number of rotatable bonds is 5. The van der Waals surface area contributed by atoms with E-state index in [0.717, 1.165) is 5.82 Å². The Morgan fingerprint density at radius 1 is 1.44 bits per heavy atom. The zero-order valence-corrected chi connectivity index (χ0v) is 9.97. The molecule has 2 rings (SSSR count). The van der Waals surface area contributed by atoms with E-state index in [1.54, 1.807) is 6.20 Å². The van der Waals surface area contributed by atoms with Gasteiger partial charge in [-0.1, -0.05) is 0 Å². The zero-order valence-electron chi connectivity index (χ0n) is 9.97. The van der Waals surface area contributed by atoms with Gasteiger partial charge in [-0.3, -0.25) is 4.79 Å². The van der Waals surface area contributed by atoms with Gasteiger partial charge < -0.3 is 9.30 Å². The summed E-state index contributed by atoms with van der Waals surface area (Å²) in [5.74, 6) is 0.764. The summed E-state index contributed by atoms with van der Waals surface area (Å²) in [5, 5.41) is 0. The molecule has 0 saturated carbocycles. The molecule has 0 N–H and O–H groups in total. The minimum absolute atomic E-state index is 0.266. The third-order valence-corrected chi connectivity index (χ3v) is 2.55. The molecule has 0 aliphatic rings. The maximum absolute atomic E-state index is 13.1. The van der Waals surface area contributed by atoms with E-state index in [1.807, 2.05) is 17.8 Å². The number of hydrogen-bond acceptors (Lipinski definition) is 3. The normalized spacial score (nSPS) is 10.3. The molecule has 0 aliphatic heterocycles. The maximum atomic E-state index is 13.1. The molecule has 0 bridgehead atoms. The summed E-state index contributed by atoms with van der Waals surface area (Å²) < 4.78 is 20.4. The van der Waals surface area contributed by atoms with E-state index in [-0.39, 0.29) is 5.56 Å². The number of aryl methyl sites for hydroxylation is 1. The standard InChI is InChI=1S/C13H13FN2O2/c1-16-4-3-15-13(16)2-5-18-12-7-10(9-17)6-11(14)8-12/h3-4,6-9H,2,5H2,1H3. The van der Waals surface area contributed by atoms with Crippen LogP contribution < -0.4 is 4.74 Å². The van der Waals surface area contributed by atoms with Crippen LogP contribution in [-0.4, -0.2) is 22.4 Å². The van der Waals surface area contributed by atoms with Gasteiger partial charge in [0.15, 0.2) is 0 Å². The van der Waals surface area contributed by atoms with Crippen molar-refractivity contribution in [2.75, 3.05) is 6.61 Å². The molecule has 1 aromatic heterocycles. The van der Waals surface area contributed by atoms with Gasteiger partial charge in [-0.15, -0.1) is 0 Å². The predicted molar refractivity (Wildman–Crippen MR) is 64.2 cm³/mol. The number of ether oxygens (including phenoxy) is 1. The van der Waals surface area contributed by atoms with E-state index >= 15 is 0 Å². The van der Waals surface area contributed by atoms with Gasteiger partial charge in [0, 0.05) is 37.5 Å². The number of imidazole rings is 1. The lowest BCUT2D eigenvalue weighted by Crippen LogP contribution is -2.06. The Balaban J connectivity index is 1.96. The molecule has 0 amide bonds. The van der Waals surface area contributed by atoms with Crippen molar-refractivity contribution >= 4 is 6.29 Å². The Morgan fingerprint density at radius 2 is 2.28 bits per heavy atom. The summed E-state index contributed by atoms with van der Waals surface area (Å²) in [6.45, 7) is 0.382. The third kappa shape index (κ3) is 2.94. The maximum Gasteiger partial charge on any atom is 0.150 e. The van der Waals surface area contributed by atoms with E-state index in [4.69, 9.17) is 4.74 Å². The first-order chi connectivity index (χ1) is 8.69.